The summed E-state index contributed by atoms with van der Waals surface area (Å²) in [5.74, 6) is -1.55. The first kappa shape index (κ1) is 14.4. The van der Waals surface area contributed by atoms with Crippen molar-refractivity contribution < 1.29 is 22.7 Å². The summed E-state index contributed by atoms with van der Waals surface area (Å²) in [6, 6.07) is 4.82. The molecule has 108 valence electrons. The number of fused-ring (bicyclic) bond motifs is 1. The highest BCUT2D eigenvalue weighted by molar-refractivity contribution is 5.94. The summed E-state index contributed by atoms with van der Waals surface area (Å²) in [4.78, 5) is 14.4. The number of carbonyl (C=O) groups excluding carboxylic acids is 1. The molecule has 2 aromatic rings. The molecule has 1 atom stereocenters. The maximum absolute atomic E-state index is 13.3. The molecule has 0 radical (unpaired) electrons. The molecule has 1 aromatic heterocycles. The first-order valence-electron chi connectivity index (χ1n) is 5.74. The summed E-state index contributed by atoms with van der Waals surface area (Å²) < 4.78 is 44.1. The zero-order valence-electron chi connectivity index (χ0n) is 10.8. The Hall–Kier alpha value is -2.02. The van der Waals surface area contributed by atoms with Crippen LogP contribution in [-0.2, 0) is 15.1 Å². The molecule has 0 saturated carbocycles. The van der Waals surface area contributed by atoms with E-state index in [1.54, 1.807) is 19.1 Å². The van der Waals surface area contributed by atoms with Gasteiger partial charge in [0.05, 0.1) is 7.11 Å². The van der Waals surface area contributed by atoms with Crippen LogP contribution in [0.15, 0.2) is 24.4 Å². The number of hydrogen-bond acceptors (Lipinski definition) is 3. The minimum absolute atomic E-state index is 0.246. The van der Waals surface area contributed by atoms with Gasteiger partial charge in [0.15, 0.2) is 0 Å². The molecule has 0 saturated heterocycles. The summed E-state index contributed by atoms with van der Waals surface area (Å²) in [5.41, 5.74) is 3.10. The largest absolute Gasteiger partial charge is 0.467 e. The van der Waals surface area contributed by atoms with Crippen molar-refractivity contribution in [3.8, 4) is 0 Å². The van der Waals surface area contributed by atoms with Crippen LogP contribution in [-0.4, -0.2) is 24.2 Å². The van der Waals surface area contributed by atoms with Gasteiger partial charge >= 0.3 is 12.1 Å². The maximum Gasteiger partial charge on any atom is 0.421 e. The Morgan fingerprint density at radius 2 is 2.00 bits per heavy atom. The quantitative estimate of drug-likeness (QED) is 0.833. The molecule has 1 unspecified atom stereocenters. The van der Waals surface area contributed by atoms with E-state index in [0.29, 0.717) is 5.52 Å². The van der Waals surface area contributed by atoms with E-state index in [1.165, 1.54) is 6.07 Å². The molecule has 0 aliphatic rings. The molecular weight excluding hydrogens is 273 g/mol. The number of esters is 1. The molecule has 1 aromatic carbocycles. The van der Waals surface area contributed by atoms with Crippen LogP contribution in [0.1, 0.15) is 11.1 Å². The Morgan fingerprint density at radius 3 is 2.55 bits per heavy atom. The molecule has 0 amide bonds. The number of halogens is 3. The summed E-state index contributed by atoms with van der Waals surface area (Å²) >= 11 is 0. The van der Waals surface area contributed by atoms with Gasteiger partial charge in [0.25, 0.3) is 0 Å². The summed E-state index contributed by atoms with van der Waals surface area (Å²) in [6.07, 6.45) is -3.87. The predicted molar refractivity (Wildman–Crippen MR) is 67.0 cm³/mol. The second-order valence-corrected chi connectivity index (χ2v) is 4.50. The third-order valence-corrected chi connectivity index (χ3v) is 3.30. The van der Waals surface area contributed by atoms with Crippen LogP contribution in [0, 0.1) is 6.92 Å². The van der Waals surface area contributed by atoms with Crippen LogP contribution in [0.25, 0.3) is 10.9 Å². The maximum atomic E-state index is 13.3. The number of nitrogens with two attached hydrogens (primary N) is 1. The van der Waals surface area contributed by atoms with Gasteiger partial charge in [-0.1, -0.05) is 18.2 Å². The zero-order valence-corrected chi connectivity index (χ0v) is 10.8. The molecule has 2 rings (SSSR count). The number of hydrogen-bond donors (Lipinski definition) is 2. The number of aryl methyl sites for hydroxylation is 1. The highest BCUT2D eigenvalue weighted by atomic mass is 19.4. The van der Waals surface area contributed by atoms with Crippen LogP contribution in [0.2, 0.25) is 0 Å². The smallest absolute Gasteiger partial charge is 0.421 e. The summed E-state index contributed by atoms with van der Waals surface area (Å²) in [6.45, 7) is 1.74. The van der Waals surface area contributed by atoms with E-state index in [9.17, 15) is 18.0 Å². The molecule has 0 aliphatic carbocycles. The van der Waals surface area contributed by atoms with E-state index in [0.717, 1.165) is 18.9 Å². The second kappa shape index (κ2) is 4.52. The zero-order chi connectivity index (χ0) is 15.1. The van der Waals surface area contributed by atoms with Crippen molar-refractivity contribution >= 4 is 16.9 Å². The van der Waals surface area contributed by atoms with Gasteiger partial charge in [-0.3, -0.25) is 0 Å². The van der Waals surface area contributed by atoms with Crippen LogP contribution in [0.5, 0.6) is 0 Å². The van der Waals surface area contributed by atoms with Gasteiger partial charge in [0, 0.05) is 22.7 Å². The van der Waals surface area contributed by atoms with Crippen molar-refractivity contribution in [2.24, 2.45) is 5.73 Å². The van der Waals surface area contributed by atoms with Gasteiger partial charge in [-0.15, -0.1) is 0 Å². The van der Waals surface area contributed by atoms with Crippen LogP contribution >= 0.6 is 0 Å². The number of ether oxygens (including phenoxy) is 1. The van der Waals surface area contributed by atoms with Crippen molar-refractivity contribution in [1.29, 1.82) is 0 Å². The predicted octanol–water partition coefficient (Wildman–Crippen LogP) is 2.37. The molecule has 0 aliphatic heterocycles. The van der Waals surface area contributed by atoms with Crippen molar-refractivity contribution in [2.75, 3.05) is 7.11 Å². The van der Waals surface area contributed by atoms with Gasteiger partial charge in [-0.05, 0) is 12.5 Å². The highest BCUT2D eigenvalue weighted by Gasteiger charge is 2.61. The van der Waals surface area contributed by atoms with E-state index in [-0.39, 0.29) is 10.9 Å². The molecule has 0 spiro atoms. The van der Waals surface area contributed by atoms with Gasteiger partial charge in [-0.25, -0.2) is 4.79 Å². The average Bonchev–Trinajstić information content (AvgIpc) is 2.81. The monoisotopic (exact) mass is 286 g/mol. The normalized spacial score (nSPS) is 15.1. The Bertz CT molecular complexity index is 663. The lowest BCUT2D eigenvalue weighted by atomic mass is 9.89. The Labute approximate surface area is 112 Å². The number of aromatic nitrogens is 1. The van der Waals surface area contributed by atoms with E-state index in [4.69, 9.17) is 5.73 Å². The van der Waals surface area contributed by atoms with Crippen molar-refractivity contribution in [1.82, 2.24) is 4.98 Å². The topological polar surface area (TPSA) is 68.1 Å². The van der Waals surface area contributed by atoms with Crippen LogP contribution in [0.4, 0.5) is 13.2 Å². The van der Waals surface area contributed by atoms with E-state index in [2.05, 4.69) is 9.72 Å². The molecule has 4 nitrogen and oxygen atoms in total. The SMILES string of the molecule is COC(=O)C(N)(c1c[nH]c2c(C)cccc12)C(F)(F)F. The molecular formula is C13H13F3N2O2. The number of benzene rings is 1. The lowest BCUT2D eigenvalue weighted by Gasteiger charge is -2.28. The molecule has 3 N–H and O–H groups in total. The number of methoxy groups -OCH3 is 1. The molecule has 7 heteroatoms. The van der Waals surface area contributed by atoms with Crippen molar-refractivity contribution in [2.45, 2.75) is 18.6 Å². The summed E-state index contributed by atoms with van der Waals surface area (Å²) in [7, 11) is 0.871. The Kier molecular flexibility index (Phi) is 3.25. The Morgan fingerprint density at radius 1 is 1.35 bits per heavy atom. The summed E-state index contributed by atoms with van der Waals surface area (Å²) in [5, 5.41) is 0.246. The average molecular weight is 286 g/mol. The van der Waals surface area contributed by atoms with Gasteiger partial charge < -0.3 is 15.5 Å². The highest BCUT2D eigenvalue weighted by Crippen LogP contribution is 2.41. The molecule has 1 heterocycles. The van der Waals surface area contributed by atoms with E-state index >= 15 is 0 Å². The van der Waals surface area contributed by atoms with E-state index in [1.807, 2.05) is 0 Å². The molecule has 0 fully saturated rings. The number of carbonyl (C=O) groups is 1. The van der Waals surface area contributed by atoms with Gasteiger partial charge in [-0.2, -0.15) is 13.2 Å². The van der Waals surface area contributed by atoms with E-state index < -0.39 is 17.7 Å². The number of nitrogens with one attached hydrogen (secondary N) is 1. The third kappa shape index (κ3) is 1.85. The molecule has 0 bridgehead atoms. The van der Waals surface area contributed by atoms with Crippen molar-refractivity contribution in [3.63, 3.8) is 0 Å². The third-order valence-electron chi connectivity index (χ3n) is 3.30. The number of alkyl halides is 3. The van der Waals surface area contributed by atoms with Crippen molar-refractivity contribution in [3.05, 3.63) is 35.5 Å². The fourth-order valence-corrected chi connectivity index (χ4v) is 2.17. The first-order chi connectivity index (χ1) is 9.23. The Balaban J connectivity index is 2.77. The lowest BCUT2D eigenvalue weighted by Crippen LogP contribution is -2.57. The second-order valence-electron chi connectivity index (χ2n) is 4.50. The van der Waals surface area contributed by atoms with Crippen LogP contribution in [0.3, 0.4) is 0 Å². The number of aromatic amines is 1. The first-order valence-corrected chi connectivity index (χ1v) is 5.74. The molecule has 20 heavy (non-hydrogen) atoms. The fraction of sp³-hybridized carbons (Fsp3) is 0.308. The minimum Gasteiger partial charge on any atom is -0.467 e. The fourth-order valence-electron chi connectivity index (χ4n) is 2.17. The minimum atomic E-state index is -4.97. The van der Waals surface area contributed by atoms with Gasteiger partial charge in [0.2, 0.25) is 5.54 Å². The number of para-hydroxylation sites is 1. The lowest BCUT2D eigenvalue weighted by molar-refractivity contribution is -0.206. The van der Waals surface area contributed by atoms with Crippen LogP contribution < -0.4 is 5.73 Å². The number of H-pyrrole nitrogens is 1. The van der Waals surface area contributed by atoms with Gasteiger partial charge in [0.1, 0.15) is 0 Å². The standard InChI is InChI=1S/C13H13F3N2O2/c1-7-4-3-5-8-9(6-18-10(7)8)12(17,11(19)20-2)13(14,15)16/h3-6,18H,17H2,1-2H3. The number of rotatable bonds is 2.